The van der Waals surface area contributed by atoms with Crippen molar-refractivity contribution < 1.29 is 14.7 Å². The van der Waals surface area contributed by atoms with Crippen molar-refractivity contribution in [2.75, 3.05) is 24.6 Å². The fraction of sp³-hybridized carbons (Fsp3) is 0.846. The first kappa shape index (κ1) is 14.7. The SMILES string of the molecule is O=C(CC1CSCCN1)NCC1(C(=O)O)CCCC1. The second-order valence-electron chi connectivity index (χ2n) is 5.50. The highest BCUT2D eigenvalue weighted by Crippen LogP contribution is 2.37. The lowest BCUT2D eigenvalue weighted by atomic mass is 9.86. The first-order chi connectivity index (χ1) is 9.12. The summed E-state index contributed by atoms with van der Waals surface area (Å²) in [4.78, 5) is 23.2. The van der Waals surface area contributed by atoms with Crippen molar-refractivity contribution >= 4 is 23.6 Å². The monoisotopic (exact) mass is 286 g/mol. The summed E-state index contributed by atoms with van der Waals surface area (Å²) >= 11 is 1.86. The molecule has 1 saturated carbocycles. The molecule has 0 aromatic rings. The van der Waals surface area contributed by atoms with E-state index >= 15 is 0 Å². The first-order valence-electron chi connectivity index (χ1n) is 6.94. The predicted octanol–water partition coefficient (Wildman–Crippen LogP) is 0.843. The molecule has 0 aromatic carbocycles. The van der Waals surface area contributed by atoms with Crippen molar-refractivity contribution in [2.45, 2.75) is 38.1 Å². The molecule has 19 heavy (non-hydrogen) atoms. The van der Waals surface area contributed by atoms with E-state index < -0.39 is 11.4 Å². The van der Waals surface area contributed by atoms with Gasteiger partial charge in [0.05, 0.1) is 5.41 Å². The van der Waals surface area contributed by atoms with Crippen LogP contribution in [-0.4, -0.2) is 47.6 Å². The van der Waals surface area contributed by atoms with Crippen molar-refractivity contribution in [3.8, 4) is 0 Å². The molecule has 1 atom stereocenters. The number of hydrogen-bond donors (Lipinski definition) is 3. The standard InChI is InChI=1S/C13H22N2O3S/c16-11(7-10-8-19-6-5-14-10)15-9-13(12(17)18)3-1-2-4-13/h10,14H,1-9H2,(H,15,16)(H,17,18). The Labute approximate surface area is 117 Å². The molecule has 108 valence electrons. The molecule has 3 N–H and O–H groups in total. The smallest absolute Gasteiger partial charge is 0.311 e. The molecule has 1 unspecified atom stereocenters. The molecule has 0 aromatic heterocycles. The zero-order valence-electron chi connectivity index (χ0n) is 11.1. The normalized spacial score (nSPS) is 26.0. The Hall–Kier alpha value is -0.750. The van der Waals surface area contributed by atoms with Crippen LogP contribution in [0.25, 0.3) is 0 Å². The van der Waals surface area contributed by atoms with E-state index in [1.54, 1.807) is 0 Å². The second-order valence-corrected chi connectivity index (χ2v) is 6.65. The van der Waals surface area contributed by atoms with Crippen molar-refractivity contribution in [3.05, 3.63) is 0 Å². The van der Waals surface area contributed by atoms with Crippen LogP contribution in [0.4, 0.5) is 0 Å². The van der Waals surface area contributed by atoms with Crippen LogP contribution in [-0.2, 0) is 9.59 Å². The summed E-state index contributed by atoms with van der Waals surface area (Å²) in [6.07, 6.45) is 3.70. The van der Waals surface area contributed by atoms with Crippen LogP contribution in [0.3, 0.4) is 0 Å². The maximum absolute atomic E-state index is 11.9. The Morgan fingerprint density at radius 1 is 1.37 bits per heavy atom. The van der Waals surface area contributed by atoms with Gasteiger partial charge in [0.2, 0.25) is 5.91 Å². The first-order valence-corrected chi connectivity index (χ1v) is 8.09. The van der Waals surface area contributed by atoms with Gasteiger partial charge in [0.1, 0.15) is 0 Å². The molecule has 0 radical (unpaired) electrons. The zero-order chi connectivity index (χ0) is 13.7. The van der Waals surface area contributed by atoms with Gasteiger partial charge in [-0.1, -0.05) is 12.8 Å². The Bertz CT molecular complexity index is 337. The molecule has 0 bridgehead atoms. The molecule has 6 heteroatoms. The molecular weight excluding hydrogens is 264 g/mol. The Morgan fingerprint density at radius 2 is 2.11 bits per heavy atom. The van der Waals surface area contributed by atoms with E-state index in [0.29, 0.717) is 19.3 Å². The molecule has 1 aliphatic carbocycles. The lowest BCUT2D eigenvalue weighted by Gasteiger charge is -2.26. The number of aliphatic carboxylic acids is 1. The van der Waals surface area contributed by atoms with Gasteiger partial charge in [-0.2, -0.15) is 11.8 Å². The lowest BCUT2D eigenvalue weighted by Crippen LogP contribution is -2.45. The fourth-order valence-electron chi connectivity index (χ4n) is 2.83. The van der Waals surface area contributed by atoms with Crippen LogP contribution >= 0.6 is 11.8 Å². The van der Waals surface area contributed by atoms with Gasteiger partial charge in [-0.25, -0.2) is 0 Å². The van der Waals surface area contributed by atoms with Gasteiger partial charge < -0.3 is 15.7 Å². The van der Waals surface area contributed by atoms with Crippen LogP contribution in [0.5, 0.6) is 0 Å². The molecule has 1 saturated heterocycles. The average Bonchev–Trinajstić information content (AvgIpc) is 2.88. The van der Waals surface area contributed by atoms with E-state index in [-0.39, 0.29) is 18.5 Å². The molecule has 0 spiro atoms. The third kappa shape index (κ3) is 3.86. The summed E-state index contributed by atoms with van der Waals surface area (Å²) in [7, 11) is 0. The number of thioether (sulfide) groups is 1. The van der Waals surface area contributed by atoms with Crippen molar-refractivity contribution in [3.63, 3.8) is 0 Å². The largest absolute Gasteiger partial charge is 0.481 e. The summed E-state index contributed by atoms with van der Waals surface area (Å²) in [6, 6.07) is 0.225. The van der Waals surface area contributed by atoms with Gasteiger partial charge >= 0.3 is 5.97 Å². The molecule has 2 fully saturated rings. The van der Waals surface area contributed by atoms with Gasteiger partial charge in [-0.05, 0) is 12.8 Å². The number of carboxylic acid groups (broad SMARTS) is 1. The van der Waals surface area contributed by atoms with E-state index in [1.807, 2.05) is 11.8 Å². The van der Waals surface area contributed by atoms with Crippen LogP contribution in [0, 0.1) is 5.41 Å². The summed E-state index contributed by atoms with van der Waals surface area (Å²) < 4.78 is 0. The Kier molecular flexibility index (Phi) is 5.10. The minimum absolute atomic E-state index is 0.0347. The number of carbonyl (C=O) groups is 2. The van der Waals surface area contributed by atoms with E-state index in [2.05, 4.69) is 10.6 Å². The zero-order valence-corrected chi connectivity index (χ0v) is 11.9. The molecule has 2 rings (SSSR count). The third-order valence-electron chi connectivity index (χ3n) is 4.07. The summed E-state index contributed by atoms with van der Waals surface area (Å²) in [5, 5.41) is 15.5. The average molecular weight is 286 g/mol. The summed E-state index contributed by atoms with van der Waals surface area (Å²) in [5.41, 5.74) is -0.718. The van der Waals surface area contributed by atoms with Crippen molar-refractivity contribution in [2.24, 2.45) is 5.41 Å². The summed E-state index contributed by atoms with van der Waals surface area (Å²) in [6.45, 7) is 1.22. The topological polar surface area (TPSA) is 78.4 Å². The number of rotatable bonds is 5. The number of hydrogen-bond acceptors (Lipinski definition) is 4. The van der Waals surface area contributed by atoms with Gasteiger partial charge in [-0.3, -0.25) is 9.59 Å². The van der Waals surface area contributed by atoms with Crippen LogP contribution in [0.2, 0.25) is 0 Å². The van der Waals surface area contributed by atoms with Gasteiger partial charge in [0.25, 0.3) is 0 Å². The molecular formula is C13H22N2O3S. The Morgan fingerprint density at radius 3 is 2.68 bits per heavy atom. The predicted molar refractivity (Wildman–Crippen MR) is 75.3 cm³/mol. The van der Waals surface area contributed by atoms with E-state index in [0.717, 1.165) is 30.9 Å². The van der Waals surface area contributed by atoms with E-state index in [1.165, 1.54) is 0 Å². The van der Waals surface area contributed by atoms with Crippen LogP contribution in [0.1, 0.15) is 32.1 Å². The molecule has 2 aliphatic rings. The van der Waals surface area contributed by atoms with Gasteiger partial charge in [0, 0.05) is 37.1 Å². The highest BCUT2D eigenvalue weighted by Gasteiger charge is 2.41. The number of nitrogens with one attached hydrogen (secondary N) is 2. The maximum atomic E-state index is 11.9. The van der Waals surface area contributed by atoms with Crippen LogP contribution in [0.15, 0.2) is 0 Å². The van der Waals surface area contributed by atoms with Gasteiger partial charge in [0.15, 0.2) is 0 Å². The minimum atomic E-state index is -0.767. The van der Waals surface area contributed by atoms with Crippen molar-refractivity contribution in [1.82, 2.24) is 10.6 Å². The molecule has 1 aliphatic heterocycles. The van der Waals surface area contributed by atoms with E-state index in [9.17, 15) is 14.7 Å². The Balaban J connectivity index is 1.77. The third-order valence-corrected chi connectivity index (χ3v) is 5.20. The van der Waals surface area contributed by atoms with Crippen LogP contribution < -0.4 is 10.6 Å². The molecule has 5 nitrogen and oxygen atoms in total. The summed E-state index contributed by atoms with van der Waals surface area (Å²) in [5.74, 6) is 1.25. The minimum Gasteiger partial charge on any atom is -0.481 e. The van der Waals surface area contributed by atoms with E-state index in [4.69, 9.17) is 0 Å². The second kappa shape index (κ2) is 6.61. The quantitative estimate of drug-likeness (QED) is 0.698. The fourth-order valence-corrected chi connectivity index (χ4v) is 3.78. The number of carboxylic acids is 1. The molecule has 1 amide bonds. The van der Waals surface area contributed by atoms with Gasteiger partial charge in [-0.15, -0.1) is 0 Å². The highest BCUT2D eigenvalue weighted by molar-refractivity contribution is 7.99. The number of amides is 1. The molecule has 1 heterocycles. The number of carbonyl (C=O) groups excluding carboxylic acids is 1. The highest BCUT2D eigenvalue weighted by atomic mass is 32.2. The van der Waals surface area contributed by atoms with Crippen molar-refractivity contribution in [1.29, 1.82) is 0 Å². The maximum Gasteiger partial charge on any atom is 0.311 e. The lowest BCUT2D eigenvalue weighted by molar-refractivity contribution is -0.148.